The number of nitro groups is 1. The van der Waals surface area contributed by atoms with Crippen LogP contribution in [-0.2, 0) is 4.74 Å². The van der Waals surface area contributed by atoms with Crippen LogP contribution < -0.4 is 4.74 Å². The van der Waals surface area contributed by atoms with Crippen molar-refractivity contribution < 1.29 is 29.7 Å². The average molecular weight is 285 g/mol. The molecule has 1 fully saturated rings. The Labute approximate surface area is 114 Å². The summed E-state index contributed by atoms with van der Waals surface area (Å²) in [6.07, 6.45) is -5.89. The largest absolute Gasteiger partial charge is 0.462 e. The first-order valence-electron chi connectivity index (χ1n) is 6.01. The number of non-ortho nitro benzene ring substituents is 1. The standard InChI is InChI=1S/C12H15NO7/c1-6-9(14)10(15)11(16)12(19-6)20-8-4-2-7(3-5-8)13(17)18/h2-6,9-12,14-16H,1H3/t6-,9+,10+,11-,12-/m1/s1. The molecule has 20 heavy (non-hydrogen) atoms. The van der Waals surface area contributed by atoms with Gasteiger partial charge in [0.2, 0.25) is 6.29 Å². The second-order valence-corrected chi connectivity index (χ2v) is 4.55. The van der Waals surface area contributed by atoms with Gasteiger partial charge in [-0.1, -0.05) is 0 Å². The molecule has 1 aromatic rings. The van der Waals surface area contributed by atoms with E-state index in [-0.39, 0.29) is 11.4 Å². The van der Waals surface area contributed by atoms with Crippen LogP contribution in [-0.4, -0.2) is 50.9 Å². The SMILES string of the molecule is C[C@H]1O[C@H](Oc2ccc([N+](=O)[O-])cc2)[C@H](O)[C@@H](O)[C@H]1O. The van der Waals surface area contributed by atoms with E-state index >= 15 is 0 Å². The first-order valence-corrected chi connectivity index (χ1v) is 6.01. The number of hydrogen-bond acceptors (Lipinski definition) is 7. The zero-order valence-corrected chi connectivity index (χ0v) is 10.6. The molecule has 1 aromatic carbocycles. The summed E-state index contributed by atoms with van der Waals surface area (Å²) in [7, 11) is 0. The van der Waals surface area contributed by atoms with Crippen LogP contribution in [0.5, 0.6) is 5.75 Å². The molecule has 0 spiro atoms. The average Bonchev–Trinajstić information content (AvgIpc) is 2.43. The van der Waals surface area contributed by atoms with Gasteiger partial charge in [-0.25, -0.2) is 0 Å². The van der Waals surface area contributed by atoms with Gasteiger partial charge in [0, 0.05) is 12.1 Å². The molecule has 5 atom stereocenters. The van der Waals surface area contributed by atoms with Crippen LogP contribution in [0.15, 0.2) is 24.3 Å². The summed E-state index contributed by atoms with van der Waals surface area (Å²) in [5.74, 6) is 0.246. The van der Waals surface area contributed by atoms with Crippen molar-refractivity contribution in [1.29, 1.82) is 0 Å². The van der Waals surface area contributed by atoms with Gasteiger partial charge in [0.1, 0.15) is 24.1 Å². The second kappa shape index (κ2) is 5.71. The molecule has 8 nitrogen and oxygen atoms in total. The minimum absolute atomic E-state index is 0.0914. The van der Waals surface area contributed by atoms with E-state index in [1.807, 2.05) is 0 Å². The Kier molecular flexibility index (Phi) is 4.19. The van der Waals surface area contributed by atoms with Crippen molar-refractivity contribution >= 4 is 5.69 Å². The lowest BCUT2D eigenvalue weighted by atomic mass is 10.00. The van der Waals surface area contributed by atoms with Gasteiger partial charge in [0.05, 0.1) is 11.0 Å². The minimum atomic E-state index is -1.42. The highest BCUT2D eigenvalue weighted by atomic mass is 16.7. The minimum Gasteiger partial charge on any atom is -0.462 e. The Morgan fingerprint density at radius 1 is 1.15 bits per heavy atom. The molecule has 8 heteroatoms. The number of rotatable bonds is 3. The predicted octanol–water partition coefficient (Wildman–Crippen LogP) is -0.199. The van der Waals surface area contributed by atoms with E-state index in [2.05, 4.69) is 0 Å². The smallest absolute Gasteiger partial charge is 0.269 e. The summed E-state index contributed by atoms with van der Waals surface area (Å²) in [6.45, 7) is 1.53. The summed E-state index contributed by atoms with van der Waals surface area (Å²) >= 11 is 0. The van der Waals surface area contributed by atoms with Crippen molar-refractivity contribution in [2.75, 3.05) is 0 Å². The molecule has 0 saturated carbocycles. The topological polar surface area (TPSA) is 122 Å². The van der Waals surface area contributed by atoms with E-state index in [9.17, 15) is 25.4 Å². The molecule has 3 N–H and O–H groups in total. The number of aliphatic hydroxyl groups excluding tert-OH is 3. The molecule has 0 bridgehead atoms. The Hall–Kier alpha value is -1.74. The highest BCUT2D eigenvalue weighted by molar-refractivity contribution is 5.36. The van der Waals surface area contributed by atoms with E-state index in [0.29, 0.717) is 0 Å². The monoisotopic (exact) mass is 285 g/mol. The lowest BCUT2D eigenvalue weighted by Crippen LogP contribution is -2.58. The van der Waals surface area contributed by atoms with E-state index in [1.54, 1.807) is 0 Å². The Balaban J connectivity index is 2.07. The lowest BCUT2D eigenvalue weighted by molar-refractivity contribution is -0.384. The first-order chi connectivity index (χ1) is 9.40. The van der Waals surface area contributed by atoms with Crippen LogP contribution in [0.25, 0.3) is 0 Å². The van der Waals surface area contributed by atoms with Gasteiger partial charge in [-0.2, -0.15) is 0 Å². The van der Waals surface area contributed by atoms with Gasteiger partial charge in [-0.05, 0) is 19.1 Å². The maximum atomic E-state index is 10.5. The molecular weight excluding hydrogens is 270 g/mol. The summed E-state index contributed by atoms with van der Waals surface area (Å²) in [5.41, 5.74) is -0.0914. The molecule has 110 valence electrons. The number of benzene rings is 1. The van der Waals surface area contributed by atoms with Gasteiger partial charge in [0.25, 0.3) is 5.69 Å². The van der Waals surface area contributed by atoms with Crippen molar-refractivity contribution in [3.05, 3.63) is 34.4 Å². The summed E-state index contributed by atoms with van der Waals surface area (Å²) in [6, 6.07) is 5.21. The van der Waals surface area contributed by atoms with Crippen LogP contribution in [0.1, 0.15) is 6.92 Å². The normalized spacial score (nSPS) is 33.7. The summed E-state index contributed by atoms with van der Waals surface area (Å²) < 4.78 is 10.6. The molecule has 0 unspecified atom stereocenters. The molecule has 1 heterocycles. The molecule has 2 rings (SSSR count). The fraction of sp³-hybridized carbons (Fsp3) is 0.500. The van der Waals surface area contributed by atoms with Gasteiger partial charge in [0.15, 0.2) is 0 Å². The van der Waals surface area contributed by atoms with E-state index in [4.69, 9.17) is 9.47 Å². The van der Waals surface area contributed by atoms with Crippen molar-refractivity contribution in [1.82, 2.24) is 0 Å². The third kappa shape index (κ3) is 2.88. The third-order valence-corrected chi connectivity index (χ3v) is 3.11. The first kappa shape index (κ1) is 14.7. The van der Waals surface area contributed by atoms with Crippen molar-refractivity contribution in [3.8, 4) is 5.75 Å². The molecule has 0 radical (unpaired) electrons. The molecule has 1 saturated heterocycles. The van der Waals surface area contributed by atoms with Gasteiger partial charge in [-0.3, -0.25) is 10.1 Å². The Morgan fingerprint density at radius 3 is 2.30 bits per heavy atom. The second-order valence-electron chi connectivity index (χ2n) is 4.55. The quantitative estimate of drug-likeness (QED) is 0.519. The third-order valence-electron chi connectivity index (χ3n) is 3.11. The number of nitrogens with zero attached hydrogens (tertiary/aromatic N) is 1. The fourth-order valence-electron chi connectivity index (χ4n) is 1.89. The number of nitro benzene ring substituents is 1. The van der Waals surface area contributed by atoms with Gasteiger partial charge in [-0.15, -0.1) is 0 Å². The number of hydrogen-bond donors (Lipinski definition) is 3. The Bertz CT molecular complexity index is 477. The Morgan fingerprint density at radius 2 is 1.75 bits per heavy atom. The predicted molar refractivity (Wildman–Crippen MR) is 66.1 cm³/mol. The fourth-order valence-corrected chi connectivity index (χ4v) is 1.89. The molecule has 0 aromatic heterocycles. The molecule has 1 aliphatic rings. The number of ether oxygens (including phenoxy) is 2. The van der Waals surface area contributed by atoms with Crippen LogP contribution in [0.3, 0.4) is 0 Å². The van der Waals surface area contributed by atoms with Crippen molar-refractivity contribution in [2.24, 2.45) is 0 Å². The molecule has 1 aliphatic heterocycles. The van der Waals surface area contributed by atoms with E-state index in [0.717, 1.165) is 0 Å². The van der Waals surface area contributed by atoms with Crippen LogP contribution in [0, 0.1) is 10.1 Å². The van der Waals surface area contributed by atoms with Crippen LogP contribution in [0.2, 0.25) is 0 Å². The highest BCUT2D eigenvalue weighted by Crippen LogP contribution is 2.25. The molecular formula is C12H15NO7. The lowest BCUT2D eigenvalue weighted by Gasteiger charge is -2.38. The van der Waals surface area contributed by atoms with Crippen LogP contribution >= 0.6 is 0 Å². The number of aliphatic hydroxyl groups is 3. The zero-order valence-electron chi connectivity index (χ0n) is 10.6. The van der Waals surface area contributed by atoms with Gasteiger partial charge >= 0.3 is 0 Å². The molecule has 0 aliphatic carbocycles. The van der Waals surface area contributed by atoms with E-state index in [1.165, 1.54) is 31.2 Å². The maximum Gasteiger partial charge on any atom is 0.269 e. The van der Waals surface area contributed by atoms with Gasteiger partial charge < -0.3 is 24.8 Å². The zero-order chi connectivity index (χ0) is 14.9. The van der Waals surface area contributed by atoms with Crippen molar-refractivity contribution in [2.45, 2.75) is 37.6 Å². The molecule has 0 amide bonds. The van der Waals surface area contributed by atoms with Crippen LogP contribution in [0.4, 0.5) is 5.69 Å². The van der Waals surface area contributed by atoms with Crippen molar-refractivity contribution in [3.63, 3.8) is 0 Å². The van der Waals surface area contributed by atoms with E-state index < -0.39 is 35.6 Å². The summed E-state index contributed by atoms with van der Waals surface area (Å²) in [4.78, 5) is 9.97. The highest BCUT2D eigenvalue weighted by Gasteiger charge is 2.43. The summed E-state index contributed by atoms with van der Waals surface area (Å²) in [5, 5.41) is 39.4. The maximum absolute atomic E-state index is 10.5.